The minimum absolute atomic E-state index is 0.610. The lowest BCUT2D eigenvalue weighted by Crippen LogP contribution is -2.18. The van der Waals surface area contributed by atoms with Crippen molar-refractivity contribution < 1.29 is 5.11 Å². The fourth-order valence-electron chi connectivity index (χ4n) is 4.39. The molecular formula is C26H25N9O. The number of pyridine rings is 3. The van der Waals surface area contributed by atoms with E-state index < -0.39 is 6.23 Å². The lowest BCUT2D eigenvalue weighted by atomic mass is 10.1. The highest BCUT2D eigenvalue weighted by molar-refractivity contribution is 5.97. The number of aromatic amines is 2. The van der Waals surface area contributed by atoms with E-state index in [1.54, 1.807) is 31.1 Å². The number of fused-ring (bicyclic) bond motifs is 2. The molecule has 0 amide bonds. The Morgan fingerprint density at radius 3 is 2.78 bits per heavy atom. The second-order valence-corrected chi connectivity index (χ2v) is 8.80. The van der Waals surface area contributed by atoms with Crippen molar-refractivity contribution in [2.24, 2.45) is 0 Å². The van der Waals surface area contributed by atoms with Crippen LogP contribution >= 0.6 is 0 Å². The predicted octanol–water partition coefficient (Wildman–Crippen LogP) is 4.59. The highest BCUT2D eigenvalue weighted by Gasteiger charge is 2.16. The number of hydrogen-bond acceptors (Lipinski definition) is 7. The second-order valence-electron chi connectivity index (χ2n) is 8.80. The van der Waals surface area contributed by atoms with E-state index >= 15 is 0 Å². The van der Waals surface area contributed by atoms with E-state index in [-0.39, 0.29) is 0 Å². The van der Waals surface area contributed by atoms with Gasteiger partial charge in [-0.1, -0.05) is 13.3 Å². The van der Waals surface area contributed by atoms with Crippen LogP contribution in [0.15, 0.2) is 61.6 Å². The number of H-pyrrole nitrogens is 2. The summed E-state index contributed by atoms with van der Waals surface area (Å²) in [6.45, 7) is 3.99. The molecule has 0 aliphatic heterocycles. The van der Waals surface area contributed by atoms with Crippen molar-refractivity contribution in [1.82, 2.24) is 39.7 Å². The molecule has 6 rings (SSSR count). The molecule has 0 radical (unpaired) electrons. The van der Waals surface area contributed by atoms with E-state index in [2.05, 4.69) is 46.5 Å². The molecule has 0 aromatic carbocycles. The average molecular weight is 480 g/mol. The van der Waals surface area contributed by atoms with Gasteiger partial charge >= 0.3 is 0 Å². The Hall–Kier alpha value is -4.57. The molecule has 4 N–H and O–H groups in total. The third-order valence-corrected chi connectivity index (χ3v) is 6.12. The van der Waals surface area contributed by atoms with Gasteiger partial charge in [0.1, 0.15) is 24.1 Å². The fourth-order valence-corrected chi connectivity index (χ4v) is 4.39. The van der Waals surface area contributed by atoms with Gasteiger partial charge in [-0.05, 0) is 37.6 Å². The summed E-state index contributed by atoms with van der Waals surface area (Å²) < 4.78 is 1.92. The maximum Gasteiger partial charge on any atom is 0.155 e. The molecule has 0 saturated carbocycles. The Morgan fingerprint density at radius 1 is 1.06 bits per heavy atom. The molecule has 10 nitrogen and oxygen atoms in total. The van der Waals surface area contributed by atoms with Crippen molar-refractivity contribution >= 4 is 27.6 Å². The molecular weight excluding hydrogens is 454 g/mol. The standard InChI is InChI=1S/C26H25N9O/c1-3-4-23(36)31-18-7-16(10-27-12-18)17-8-20-24(33-34-25(20)29-11-17)22-9-19-21(32-22)5-6-28-26(19)35-13-15(2)30-14-35/h5-14,23,31-32,36H,3-4H2,1-2H3,(H,29,33,34). The Kier molecular flexibility index (Phi) is 5.42. The molecule has 6 aromatic rings. The van der Waals surface area contributed by atoms with Gasteiger partial charge in [-0.15, -0.1) is 0 Å². The molecule has 1 unspecified atom stereocenters. The zero-order valence-corrected chi connectivity index (χ0v) is 19.9. The van der Waals surface area contributed by atoms with Gasteiger partial charge in [0.15, 0.2) is 5.65 Å². The highest BCUT2D eigenvalue weighted by Crippen LogP contribution is 2.32. The summed E-state index contributed by atoms with van der Waals surface area (Å²) >= 11 is 0. The molecule has 0 spiro atoms. The number of hydrogen-bond donors (Lipinski definition) is 4. The van der Waals surface area contributed by atoms with Crippen LogP contribution in [0.3, 0.4) is 0 Å². The summed E-state index contributed by atoms with van der Waals surface area (Å²) in [6.07, 6.45) is 11.7. The number of aliphatic hydroxyl groups is 1. The number of aryl methyl sites for hydroxylation is 1. The number of aromatic nitrogens is 8. The number of anilines is 1. The maximum atomic E-state index is 10.1. The van der Waals surface area contributed by atoms with Crippen LogP contribution in [0.5, 0.6) is 0 Å². The number of aliphatic hydroxyl groups excluding tert-OH is 1. The predicted molar refractivity (Wildman–Crippen MR) is 139 cm³/mol. The lowest BCUT2D eigenvalue weighted by Gasteiger charge is -2.13. The Morgan fingerprint density at radius 2 is 1.94 bits per heavy atom. The van der Waals surface area contributed by atoms with Gasteiger partial charge in [0.2, 0.25) is 0 Å². The third-order valence-electron chi connectivity index (χ3n) is 6.12. The average Bonchev–Trinajstić information content (AvgIpc) is 3.61. The first-order valence-corrected chi connectivity index (χ1v) is 11.8. The van der Waals surface area contributed by atoms with Crippen LogP contribution < -0.4 is 5.32 Å². The molecule has 0 saturated heterocycles. The van der Waals surface area contributed by atoms with Gasteiger partial charge in [0.05, 0.1) is 28.8 Å². The Labute approximate surface area is 206 Å². The van der Waals surface area contributed by atoms with Crippen molar-refractivity contribution in [1.29, 1.82) is 0 Å². The minimum atomic E-state index is -0.610. The summed E-state index contributed by atoms with van der Waals surface area (Å²) in [5, 5.41) is 22.7. The quantitative estimate of drug-likeness (QED) is 0.246. The van der Waals surface area contributed by atoms with Gasteiger partial charge in [-0.25, -0.2) is 15.0 Å². The van der Waals surface area contributed by atoms with E-state index in [1.807, 2.05) is 42.8 Å². The SMILES string of the molecule is CCCC(O)Nc1cncc(-c2cnc3[nH]nc(-c4cc5c(-n6cnc(C)c6)nccc5[nH]4)c3c2)c1. The monoisotopic (exact) mass is 479 g/mol. The van der Waals surface area contributed by atoms with Gasteiger partial charge in [-0.3, -0.25) is 14.6 Å². The molecule has 0 aliphatic carbocycles. The van der Waals surface area contributed by atoms with E-state index in [0.29, 0.717) is 12.1 Å². The molecule has 10 heteroatoms. The van der Waals surface area contributed by atoms with Gasteiger partial charge < -0.3 is 15.4 Å². The van der Waals surface area contributed by atoms with Crippen LogP contribution in [0.1, 0.15) is 25.5 Å². The Bertz CT molecular complexity index is 1680. The largest absolute Gasteiger partial charge is 0.374 e. The van der Waals surface area contributed by atoms with Gasteiger partial charge in [0.25, 0.3) is 0 Å². The summed E-state index contributed by atoms with van der Waals surface area (Å²) in [4.78, 5) is 21.3. The zero-order chi connectivity index (χ0) is 24.6. The van der Waals surface area contributed by atoms with Crippen LogP contribution in [0, 0.1) is 6.92 Å². The molecule has 6 aromatic heterocycles. The van der Waals surface area contributed by atoms with E-state index in [0.717, 1.165) is 62.4 Å². The Balaban J connectivity index is 1.40. The number of rotatable bonds is 7. The fraction of sp³-hybridized carbons (Fsp3) is 0.192. The van der Waals surface area contributed by atoms with Crippen molar-refractivity contribution in [3.05, 3.63) is 67.3 Å². The van der Waals surface area contributed by atoms with E-state index in [4.69, 9.17) is 0 Å². The van der Waals surface area contributed by atoms with E-state index in [9.17, 15) is 5.11 Å². The van der Waals surface area contributed by atoms with Crippen molar-refractivity contribution in [3.63, 3.8) is 0 Å². The van der Waals surface area contributed by atoms with Crippen LogP contribution in [-0.2, 0) is 0 Å². The summed E-state index contributed by atoms with van der Waals surface area (Å²) in [5.41, 5.74) is 6.75. The van der Waals surface area contributed by atoms with Crippen LogP contribution in [0.4, 0.5) is 5.69 Å². The van der Waals surface area contributed by atoms with Crippen molar-refractivity contribution in [3.8, 4) is 28.3 Å². The highest BCUT2D eigenvalue weighted by atomic mass is 16.3. The van der Waals surface area contributed by atoms with Crippen LogP contribution in [0.2, 0.25) is 0 Å². The zero-order valence-electron chi connectivity index (χ0n) is 19.9. The van der Waals surface area contributed by atoms with Crippen molar-refractivity contribution in [2.75, 3.05) is 5.32 Å². The first-order valence-electron chi connectivity index (χ1n) is 11.8. The van der Waals surface area contributed by atoms with Gasteiger partial charge in [-0.2, -0.15) is 5.10 Å². The molecule has 6 heterocycles. The normalized spacial score (nSPS) is 12.4. The number of nitrogens with zero attached hydrogens (tertiary/aromatic N) is 6. The van der Waals surface area contributed by atoms with Crippen LogP contribution in [0.25, 0.3) is 50.3 Å². The van der Waals surface area contributed by atoms with Crippen LogP contribution in [-0.4, -0.2) is 51.0 Å². The molecule has 0 fully saturated rings. The smallest absolute Gasteiger partial charge is 0.155 e. The molecule has 1 atom stereocenters. The molecule has 36 heavy (non-hydrogen) atoms. The topological polar surface area (TPSA) is 133 Å². The first-order chi connectivity index (χ1) is 17.6. The third kappa shape index (κ3) is 3.97. The minimum Gasteiger partial charge on any atom is -0.374 e. The second kappa shape index (κ2) is 8.90. The summed E-state index contributed by atoms with van der Waals surface area (Å²) in [7, 11) is 0. The van der Waals surface area contributed by atoms with Crippen molar-refractivity contribution in [2.45, 2.75) is 32.9 Å². The first kappa shape index (κ1) is 21.9. The summed E-state index contributed by atoms with van der Waals surface area (Å²) in [5.74, 6) is 0.801. The lowest BCUT2D eigenvalue weighted by molar-refractivity contribution is 0.192. The number of nitrogens with one attached hydrogen (secondary N) is 3. The molecule has 0 aliphatic rings. The number of imidazole rings is 1. The van der Waals surface area contributed by atoms with E-state index in [1.165, 1.54) is 0 Å². The maximum absolute atomic E-state index is 10.1. The van der Waals surface area contributed by atoms with Gasteiger partial charge in [0, 0.05) is 46.7 Å². The molecule has 0 bridgehead atoms. The summed E-state index contributed by atoms with van der Waals surface area (Å²) in [6, 6.07) is 8.01. The molecule has 180 valence electrons.